The molecule has 1 aliphatic heterocycles. The summed E-state index contributed by atoms with van der Waals surface area (Å²) < 4.78 is 18.3. The van der Waals surface area contributed by atoms with Crippen molar-refractivity contribution in [2.75, 3.05) is 5.32 Å². The van der Waals surface area contributed by atoms with Gasteiger partial charge in [-0.1, -0.05) is 12.1 Å². The van der Waals surface area contributed by atoms with Gasteiger partial charge in [-0.2, -0.15) is 0 Å². The molecule has 2 aromatic rings. The molecule has 7 heteroatoms. The number of carbonyl (C=O) groups excluding carboxylic acids is 3. The van der Waals surface area contributed by atoms with Gasteiger partial charge in [0.25, 0.3) is 5.91 Å². The molecular formula is C21H21FN2O4. The average Bonchev–Trinajstić information content (AvgIpc) is 2.67. The molecule has 6 nitrogen and oxygen atoms in total. The molecule has 0 radical (unpaired) electrons. The lowest BCUT2D eigenvalue weighted by Gasteiger charge is -2.19. The quantitative estimate of drug-likeness (QED) is 0.776. The Labute approximate surface area is 162 Å². The minimum absolute atomic E-state index is 0.0524. The monoisotopic (exact) mass is 384 g/mol. The number of ether oxygens (including phenoxy) is 1. The second-order valence-electron chi connectivity index (χ2n) is 6.75. The van der Waals surface area contributed by atoms with Crippen LogP contribution in [-0.2, 0) is 20.7 Å². The van der Waals surface area contributed by atoms with E-state index in [9.17, 15) is 18.8 Å². The zero-order valence-corrected chi connectivity index (χ0v) is 15.6. The molecule has 0 saturated carbocycles. The number of benzene rings is 2. The molecule has 0 saturated heterocycles. The van der Waals surface area contributed by atoms with Crippen LogP contribution in [0.1, 0.15) is 47.8 Å². The van der Waals surface area contributed by atoms with Gasteiger partial charge in [-0.3, -0.25) is 9.59 Å². The predicted molar refractivity (Wildman–Crippen MR) is 101 cm³/mol. The predicted octanol–water partition coefficient (Wildman–Crippen LogP) is 3.13. The number of anilines is 1. The summed E-state index contributed by atoms with van der Waals surface area (Å²) >= 11 is 0. The number of halogens is 1. The van der Waals surface area contributed by atoms with Crippen LogP contribution >= 0.6 is 0 Å². The Hall–Kier alpha value is -3.22. The maximum absolute atomic E-state index is 13.0. The lowest BCUT2D eigenvalue weighted by atomic mass is 10.0. The zero-order chi connectivity index (χ0) is 20.3. The Morgan fingerprint density at radius 1 is 1.11 bits per heavy atom. The van der Waals surface area contributed by atoms with Gasteiger partial charge in [0.1, 0.15) is 5.82 Å². The van der Waals surface area contributed by atoms with Gasteiger partial charge in [0.2, 0.25) is 5.91 Å². The van der Waals surface area contributed by atoms with Crippen LogP contribution in [0.3, 0.4) is 0 Å². The number of amides is 2. The average molecular weight is 384 g/mol. The highest BCUT2D eigenvalue weighted by atomic mass is 19.1. The maximum Gasteiger partial charge on any atom is 0.338 e. The molecule has 2 aromatic carbocycles. The summed E-state index contributed by atoms with van der Waals surface area (Å²) in [7, 11) is 0. The number of hydrogen-bond acceptors (Lipinski definition) is 4. The Morgan fingerprint density at radius 2 is 1.82 bits per heavy atom. The number of fused-ring (bicyclic) bond motifs is 1. The Morgan fingerprint density at radius 3 is 2.54 bits per heavy atom. The van der Waals surface area contributed by atoms with E-state index in [2.05, 4.69) is 10.6 Å². The SMILES string of the molecule is C[C@H](OC(=O)c1ccc2c(c1)CCC(=O)N2)C(=O)N[C@@H](C)c1ccc(F)cc1. The first-order valence-corrected chi connectivity index (χ1v) is 9.03. The minimum atomic E-state index is -0.994. The van der Waals surface area contributed by atoms with Crippen LogP contribution in [0.2, 0.25) is 0 Å². The van der Waals surface area contributed by atoms with Crippen molar-refractivity contribution in [2.24, 2.45) is 0 Å². The Kier molecular flexibility index (Phi) is 5.73. The van der Waals surface area contributed by atoms with Crippen LogP contribution in [0.15, 0.2) is 42.5 Å². The van der Waals surface area contributed by atoms with Gasteiger partial charge in [0, 0.05) is 12.1 Å². The number of hydrogen-bond donors (Lipinski definition) is 2. The van der Waals surface area contributed by atoms with E-state index in [1.165, 1.54) is 19.1 Å². The van der Waals surface area contributed by atoms with Gasteiger partial charge in [-0.15, -0.1) is 0 Å². The third-order valence-corrected chi connectivity index (χ3v) is 4.62. The van der Waals surface area contributed by atoms with Gasteiger partial charge >= 0.3 is 5.97 Å². The lowest BCUT2D eigenvalue weighted by Crippen LogP contribution is -2.37. The Balaban J connectivity index is 1.59. The van der Waals surface area contributed by atoms with E-state index >= 15 is 0 Å². The summed E-state index contributed by atoms with van der Waals surface area (Å²) in [4.78, 5) is 36.1. The van der Waals surface area contributed by atoms with E-state index in [1.54, 1.807) is 37.3 Å². The summed E-state index contributed by atoms with van der Waals surface area (Å²) in [5.41, 5.74) is 2.61. The van der Waals surface area contributed by atoms with Crippen LogP contribution in [-0.4, -0.2) is 23.9 Å². The highest BCUT2D eigenvalue weighted by molar-refractivity contribution is 5.96. The smallest absolute Gasteiger partial charge is 0.338 e. The van der Waals surface area contributed by atoms with E-state index in [4.69, 9.17) is 4.74 Å². The van der Waals surface area contributed by atoms with Gasteiger partial charge in [-0.05, 0) is 61.7 Å². The van der Waals surface area contributed by atoms with Crippen molar-refractivity contribution in [1.29, 1.82) is 0 Å². The highest BCUT2D eigenvalue weighted by Crippen LogP contribution is 2.24. The molecule has 0 unspecified atom stereocenters. The minimum Gasteiger partial charge on any atom is -0.449 e. The molecule has 0 fully saturated rings. The lowest BCUT2D eigenvalue weighted by molar-refractivity contribution is -0.129. The van der Waals surface area contributed by atoms with Crippen molar-refractivity contribution in [1.82, 2.24) is 5.32 Å². The molecule has 1 heterocycles. The molecular weight excluding hydrogens is 363 g/mol. The second-order valence-corrected chi connectivity index (χ2v) is 6.75. The largest absolute Gasteiger partial charge is 0.449 e. The number of esters is 1. The maximum atomic E-state index is 13.0. The summed E-state index contributed by atoms with van der Waals surface area (Å²) in [5, 5.41) is 5.49. The van der Waals surface area contributed by atoms with Gasteiger partial charge in [0.15, 0.2) is 6.10 Å². The molecule has 2 atom stereocenters. The van der Waals surface area contributed by atoms with Gasteiger partial charge in [-0.25, -0.2) is 9.18 Å². The second kappa shape index (κ2) is 8.21. The van der Waals surface area contributed by atoms with Crippen LogP contribution < -0.4 is 10.6 Å². The zero-order valence-electron chi connectivity index (χ0n) is 15.6. The molecule has 0 bridgehead atoms. The number of carbonyl (C=O) groups is 3. The number of nitrogens with one attached hydrogen (secondary N) is 2. The fraction of sp³-hybridized carbons (Fsp3) is 0.286. The van der Waals surface area contributed by atoms with Crippen molar-refractivity contribution in [3.8, 4) is 0 Å². The molecule has 0 spiro atoms. The first-order valence-electron chi connectivity index (χ1n) is 9.03. The molecule has 1 aliphatic rings. The summed E-state index contributed by atoms with van der Waals surface area (Å²) in [6.07, 6.45) is -0.0786. The molecule has 2 amide bonds. The molecule has 0 aromatic heterocycles. The summed E-state index contributed by atoms with van der Waals surface area (Å²) in [5.74, 6) is -1.47. The fourth-order valence-corrected chi connectivity index (χ4v) is 2.96. The van der Waals surface area contributed by atoms with Crippen molar-refractivity contribution in [3.63, 3.8) is 0 Å². The van der Waals surface area contributed by atoms with Crippen LogP contribution in [0.25, 0.3) is 0 Å². The molecule has 146 valence electrons. The molecule has 28 heavy (non-hydrogen) atoms. The van der Waals surface area contributed by atoms with E-state index in [0.29, 0.717) is 24.1 Å². The van der Waals surface area contributed by atoms with Crippen LogP contribution in [0.4, 0.5) is 10.1 Å². The summed E-state index contributed by atoms with van der Waals surface area (Å²) in [6, 6.07) is 10.3. The third kappa shape index (κ3) is 4.54. The number of aryl methyl sites for hydroxylation is 1. The van der Waals surface area contributed by atoms with Crippen molar-refractivity contribution in [3.05, 3.63) is 65.0 Å². The topological polar surface area (TPSA) is 84.5 Å². The van der Waals surface area contributed by atoms with Crippen molar-refractivity contribution < 1.29 is 23.5 Å². The normalized spacial score (nSPS) is 15.0. The van der Waals surface area contributed by atoms with Gasteiger partial charge in [0.05, 0.1) is 11.6 Å². The van der Waals surface area contributed by atoms with Crippen molar-refractivity contribution in [2.45, 2.75) is 38.8 Å². The number of rotatable bonds is 5. The fourth-order valence-electron chi connectivity index (χ4n) is 2.96. The van der Waals surface area contributed by atoms with Crippen LogP contribution in [0, 0.1) is 5.82 Å². The molecule has 3 rings (SSSR count). The van der Waals surface area contributed by atoms with E-state index in [-0.39, 0.29) is 17.8 Å². The van der Waals surface area contributed by atoms with Crippen LogP contribution in [0.5, 0.6) is 0 Å². The highest BCUT2D eigenvalue weighted by Gasteiger charge is 2.22. The first-order chi connectivity index (χ1) is 13.3. The standard InChI is InChI=1S/C21H21FN2O4/c1-12(14-3-7-17(22)8-4-14)23-20(26)13(2)28-21(27)16-5-9-18-15(11-16)6-10-19(25)24-18/h3-5,7-9,11-13H,6,10H2,1-2H3,(H,23,26)(H,24,25)/t12-,13-/m0/s1. The van der Waals surface area contributed by atoms with E-state index < -0.39 is 18.0 Å². The van der Waals surface area contributed by atoms with Crippen molar-refractivity contribution >= 4 is 23.5 Å². The summed E-state index contributed by atoms with van der Waals surface area (Å²) in [6.45, 7) is 3.25. The Bertz CT molecular complexity index is 911. The first kappa shape index (κ1) is 19.5. The third-order valence-electron chi connectivity index (χ3n) is 4.62. The van der Waals surface area contributed by atoms with E-state index in [0.717, 1.165) is 11.1 Å². The molecule has 2 N–H and O–H groups in total. The molecule has 0 aliphatic carbocycles. The van der Waals surface area contributed by atoms with Gasteiger partial charge < -0.3 is 15.4 Å². The van der Waals surface area contributed by atoms with E-state index in [1.807, 2.05) is 0 Å².